The molecule has 0 bridgehead atoms. The first-order valence-electron chi connectivity index (χ1n) is 3.21. The molecule has 0 aromatic carbocycles. The van der Waals surface area contributed by atoms with Crippen molar-refractivity contribution in [1.29, 1.82) is 0 Å². The summed E-state index contributed by atoms with van der Waals surface area (Å²) in [5.41, 5.74) is 0.977. The average Bonchev–Trinajstić information content (AvgIpc) is 1.93. The van der Waals surface area contributed by atoms with Gasteiger partial charge in [0.15, 0.2) is 5.11 Å². The number of hydrogen-bond acceptors (Lipinski definition) is 3. The van der Waals surface area contributed by atoms with Gasteiger partial charge < -0.3 is 5.32 Å². The van der Waals surface area contributed by atoms with E-state index < -0.39 is 0 Å². The van der Waals surface area contributed by atoms with Gasteiger partial charge in [-0.2, -0.15) is 5.10 Å². The monoisotopic (exact) mass is 187 g/mol. The number of hydrazone groups is 1. The van der Waals surface area contributed by atoms with Gasteiger partial charge in [0.05, 0.1) is 4.99 Å². The Hall–Kier alpha value is -0.550. The number of rotatable bonds is 0. The molecule has 0 saturated carbocycles. The summed E-state index contributed by atoms with van der Waals surface area (Å²) in [6.07, 6.45) is 0.694. The van der Waals surface area contributed by atoms with E-state index in [1.807, 2.05) is 6.92 Å². The fraction of sp³-hybridized carbons (Fsp3) is 0.500. The first-order valence-corrected chi connectivity index (χ1v) is 4.03. The van der Waals surface area contributed by atoms with E-state index in [1.165, 1.54) is 0 Å². The van der Waals surface area contributed by atoms with E-state index in [2.05, 4.69) is 10.4 Å². The molecule has 3 nitrogen and oxygen atoms in total. The van der Waals surface area contributed by atoms with Crippen LogP contribution in [0.15, 0.2) is 5.10 Å². The predicted octanol–water partition coefficient (Wildman–Crippen LogP) is 0.900. The van der Waals surface area contributed by atoms with Crippen molar-refractivity contribution in [1.82, 2.24) is 10.3 Å². The molecular formula is C6H9N3S2. The summed E-state index contributed by atoms with van der Waals surface area (Å²) in [4.78, 5) is 0.737. The minimum absolute atomic E-state index is 0.562. The van der Waals surface area contributed by atoms with Crippen LogP contribution in [0.1, 0.15) is 13.3 Å². The summed E-state index contributed by atoms with van der Waals surface area (Å²) in [6, 6.07) is 0. The highest BCUT2D eigenvalue weighted by Gasteiger charge is 2.11. The highest BCUT2D eigenvalue weighted by atomic mass is 32.1. The molecular weight excluding hydrogens is 178 g/mol. The fourth-order valence-corrected chi connectivity index (χ4v) is 1.35. The summed E-state index contributed by atoms with van der Waals surface area (Å²) in [7, 11) is 1.80. The Morgan fingerprint density at radius 3 is 2.82 bits per heavy atom. The second-order valence-corrected chi connectivity index (χ2v) is 3.27. The van der Waals surface area contributed by atoms with Crippen LogP contribution in [0.4, 0.5) is 0 Å². The van der Waals surface area contributed by atoms with Crippen LogP contribution < -0.4 is 5.32 Å². The van der Waals surface area contributed by atoms with Crippen LogP contribution >= 0.6 is 24.4 Å². The standard InChI is InChI=1S/C6H9N3S2/c1-4-3-5(10)7-6(11)9(2)8-4/h3H2,1-2H3,(H,7,10,11). The molecule has 1 rings (SSSR count). The maximum atomic E-state index is 4.99. The fourth-order valence-electron chi connectivity index (χ4n) is 0.814. The van der Waals surface area contributed by atoms with Gasteiger partial charge >= 0.3 is 0 Å². The Bertz CT molecular complexity index is 234. The largest absolute Gasteiger partial charge is 0.325 e. The third-order valence-electron chi connectivity index (χ3n) is 1.28. The van der Waals surface area contributed by atoms with Crippen molar-refractivity contribution in [3.05, 3.63) is 0 Å². The highest BCUT2D eigenvalue weighted by Crippen LogP contribution is 1.99. The van der Waals surface area contributed by atoms with Crippen molar-refractivity contribution in [2.75, 3.05) is 7.05 Å². The Morgan fingerprint density at radius 1 is 1.55 bits per heavy atom. The van der Waals surface area contributed by atoms with Gasteiger partial charge in [-0.1, -0.05) is 12.2 Å². The molecule has 0 fully saturated rings. The predicted molar refractivity (Wildman–Crippen MR) is 53.8 cm³/mol. The van der Waals surface area contributed by atoms with Crippen LogP contribution in [0.5, 0.6) is 0 Å². The first-order chi connectivity index (χ1) is 5.09. The quantitative estimate of drug-likeness (QED) is 0.570. The number of thiocarbonyl (C=S) groups is 2. The molecule has 0 aliphatic carbocycles. The Balaban J connectivity index is 2.83. The van der Waals surface area contributed by atoms with E-state index in [0.717, 1.165) is 10.7 Å². The van der Waals surface area contributed by atoms with Crippen molar-refractivity contribution in [3.63, 3.8) is 0 Å². The lowest BCUT2D eigenvalue weighted by Gasteiger charge is -2.11. The van der Waals surface area contributed by atoms with E-state index in [9.17, 15) is 0 Å². The second kappa shape index (κ2) is 3.23. The van der Waals surface area contributed by atoms with Crippen LogP contribution in [0.25, 0.3) is 0 Å². The first kappa shape index (κ1) is 8.55. The van der Waals surface area contributed by atoms with Gasteiger partial charge in [0, 0.05) is 19.2 Å². The molecule has 1 aliphatic rings. The van der Waals surface area contributed by atoms with Gasteiger partial charge in [-0.3, -0.25) is 0 Å². The molecule has 1 aliphatic heterocycles. The van der Waals surface area contributed by atoms with E-state index >= 15 is 0 Å². The lowest BCUT2D eigenvalue weighted by atomic mass is 10.3. The molecule has 0 radical (unpaired) electrons. The summed E-state index contributed by atoms with van der Waals surface area (Å²) in [5.74, 6) is 0. The third kappa shape index (κ3) is 2.20. The van der Waals surface area contributed by atoms with E-state index in [1.54, 1.807) is 12.1 Å². The minimum atomic E-state index is 0.562. The highest BCUT2D eigenvalue weighted by molar-refractivity contribution is 7.81. The molecule has 11 heavy (non-hydrogen) atoms. The van der Waals surface area contributed by atoms with Crippen LogP contribution in [0, 0.1) is 0 Å². The van der Waals surface area contributed by atoms with E-state index in [0.29, 0.717) is 11.5 Å². The van der Waals surface area contributed by atoms with Crippen molar-refractivity contribution < 1.29 is 0 Å². The summed E-state index contributed by atoms with van der Waals surface area (Å²) >= 11 is 9.96. The molecule has 1 N–H and O–H groups in total. The summed E-state index contributed by atoms with van der Waals surface area (Å²) in [6.45, 7) is 1.93. The maximum Gasteiger partial charge on any atom is 0.194 e. The molecule has 0 spiro atoms. The summed E-state index contributed by atoms with van der Waals surface area (Å²) in [5, 5.41) is 9.24. The van der Waals surface area contributed by atoms with E-state index in [4.69, 9.17) is 24.4 Å². The molecule has 0 unspecified atom stereocenters. The molecule has 1 heterocycles. The number of hydrogen-bond donors (Lipinski definition) is 1. The van der Waals surface area contributed by atoms with E-state index in [-0.39, 0.29) is 0 Å². The van der Waals surface area contributed by atoms with Crippen LogP contribution in [0.2, 0.25) is 0 Å². The maximum absolute atomic E-state index is 4.99. The van der Waals surface area contributed by atoms with Gasteiger partial charge in [-0.15, -0.1) is 0 Å². The molecule has 5 heteroatoms. The topological polar surface area (TPSA) is 27.6 Å². The molecule has 0 atom stereocenters. The Labute approximate surface area is 76.5 Å². The van der Waals surface area contributed by atoms with Crippen molar-refractivity contribution >= 4 is 40.2 Å². The minimum Gasteiger partial charge on any atom is -0.325 e. The van der Waals surface area contributed by atoms with Crippen molar-refractivity contribution in [2.24, 2.45) is 5.10 Å². The lowest BCUT2D eigenvalue weighted by molar-refractivity contribution is 0.544. The zero-order valence-electron chi connectivity index (χ0n) is 6.42. The molecule has 0 aromatic heterocycles. The van der Waals surface area contributed by atoms with Crippen molar-refractivity contribution in [2.45, 2.75) is 13.3 Å². The van der Waals surface area contributed by atoms with Gasteiger partial charge in [0.1, 0.15) is 0 Å². The van der Waals surface area contributed by atoms with Gasteiger partial charge in [0.25, 0.3) is 0 Å². The normalized spacial score (nSPS) is 19.1. The molecule has 0 saturated heterocycles. The lowest BCUT2D eigenvalue weighted by Crippen LogP contribution is -2.34. The van der Waals surface area contributed by atoms with Crippen LogP contribution in [-0.2, 0) is 0 Å². The van der Waals surface area contributed by atoms with Gasteiger partial charge in [-0.05, 0) is 19.1 Å². The number of nitrogens with zero attached hydrogens (tertiary/aromatic N) is 2. The molecule has 0 aromatic rings. The third-order valence-corrected chi connectivity index (χ3v) is 1.89. The second-order valence-electron chi connectivity index (χ2n) is 2.39. The number of nitrogens with one attached hydrogen (secondary N) is 1. The van der Waals surface area contributed by atoms with Crippen LogP contribution in [0.3, 0.4) is 0 Å². The zero-order chi connectivity index (χ0) is 8.43. The smallest absolute Gasteiger partial charge is 0.194 e. The molecule has 0 amide bonds. The van der Waals surface area contributed by atoms with Crippen molar-refractivity contribution in [3.8, 4) is 0 Å². The van der Waals surface area contributed by atoms with Gasteiger partial charge in [-0.25, -0.2) is 5.01 Å². The van der Waals surface area contributed by atoms with Crippen LogP contribution in [-0.4, -0.2) is 27.9 Å². The Kier molecular flexibility index (Phi) is 2.51. The van der Waals surface area contributed by atoms with Gasteiger partial charge in [0.2, 0.25) is 0 Å². The SMILES string of the molecule is CC1=NN(C)C(=S)NC(=S)C1. The Morgan fingerprint density at radius 2 is 2.18 bits per heavy atom. The average molecular weight is 187 g/mol. The summed E-state index contributed by atoms with van der Waals surface area (Å²) < 4.78 is 0. The zero-order valence-corrected chi connectivity index (χ0v) is 8.05. The molecule has 60 valence electrons.